The second-order valence-electron chi connectivity index (χ2n) is 5.50. The minimum absolute atomic E-state index is 0.430. The van der Waals surface area contributed by atoms with Crippen molar-refractivity contribution in [2.45, 2.75) is 50.7 Å². The molecule has 2 rings (SSSR count). The first kappa shape index (κ1) is 11.4. The third-order valence-corrected chi connectivity index (χ3v) is 3.85. The number of hydrogen-bond acceptors (Lipinski definition) is 3. The summed E-state index contributed by atoms with van der Waals surface area (Å²) < 4.78 is 0. The minimum Gasteiger partial charge on any atom is -0.389 e. The van der Waals surface area contributed by atoms with E-state index in [2.05, 4.69) is 17.6 Å². The van der Waals surface area contributed by atoms with E-state index in [9.17, 15) is 5.11 Å². The monoisotopic (exact) mass is 212 g/mol. The molecule has 0 aromatic heterocycles. The Morgan fingerprint density at radius 2 is 2.33 bits per heavy atom. The van der Waals surface area contributed by atoms with E-state index in [1.54, 1.807) is 0 Å². The molecule has 1 aliphatic heterocycles. The Labute approximate surface area is 92.6 Å². The second-order valence-corrected chi connectivity index (χ2v) is 5.50. The van der Waals surface area contributed by atoms with Gasteiger partial charge in [0.15, 0.2) is 0 Å². The predicted octanol–water partition coefficient (Wildman–Crippen LogP) is 0.879. The van der Waals surface area contributed by atoms with Crippen LogP contribution < -0.4 is 10.6 Å². The van der Waals surface area contributed by atoms with Gasteiger partial charge in [0.2, 0.25) is 0 Å². The third kappa shape index (κ3) is 3.16. The molecule has 0 aromatic rings. The molecule has 0 aromatic carbocycles. The van der Waals surface area contributed by atoms with Gasteiger partial charge in [-0.1, -0.05) is 19.8 Å². The van der Waals surface area contributed by atoms with E-state index in [-0.39, 0.29) is 0 Å². The Morgan fingerprint density at radius 3 is 3.00 bits per heavy atom. The first-order valence-corrected chi connectivity index (χ1v) is 6.34. The van der Waals surface area contributed by atoms with Crippen LogP contribution in [-0.4, -0.2) is 36.4 Å². The second kappa shape index (κ2) is 4.81. The summed E-state index contributed by atoms with van der Waals surface area (Å²) in [6.07, 6.45) is 5.62. The molecular formula is C12H24N2O. The lowest BCUT2D eigenvalue weighted by molar-refractivity contribution is -0.0133. The van der Waals surface area contributed by atoms with E-state index in [0.29, 0.717) is 12.0 Å². The van der Waals surface area contributed by atoms with Gasteiger partial charge in [0.05, 0.1) is 5.60 Å². The topological polar surface area (TPSA) is 44.3 Å². The molecule has 3 heteroatoms. The molecule has 15 heavy (non-hydrogen) atoms. The Morgan fingerprint density at radius 1 is 1.47 bits per heavy atom. The van der Waals surface area contributed by atoms with Crippen molar-refractivity contribution in [2.24, 2.45) is 5.92 Å². The van der Waals surface area contributed by atoms with Crippen LogP contribution in [0.15, 0.2) is 0 Å². The van der Waals surface area contributed by atoms with Crippen molar-refractivity contribution in [2.75, 3.05) is 19.6 Å². The maximum absolute atomic E-state index is 10.4. The Hall–Kier alpha value is -0.120. The molecule has 1 aliphatic carbocycles. The van der Waals surface area contributed by atoms with Gasteiger partial charge in [-0.2, -0.15) is 0 Å². The fourth-order valence-corrected chi connectivity index (χ4v) is 2.96. The molecule has 0 amide bonds. The molecule has 3 unspecified atom stereocenters. The van der Waals surface area contributed by atoms with Crippen molar-refractivity contribution in [3.8, 4) is 0 Å². The maximum atomic E-state index is 10.4. The quantitative estimate of drug-likeness (QED) is 0.651. The molecule has 2 aliphatic rings. The van der Waals surface area contributed by atoms with Crippen LogP contribution in [0.25, 0.3) is 0 Å². The van der Waals surface area contributed by atoms with Gasteiger partial charge in [0, 0.05) is 19.1 Å². The summed E-state index contributed by atoms with van der Waals surface area (Å²) in [4.78, 5) is 0. The molecule has 1 saturated heterocycles. The Bertz CT molecular complexity index is 204. The van der Waals surface area contributed by atoms with Gasteiger partial charge in [-0.05, 0) is 31.7 Å². The minimum atomic E-state index is -0.430. The van der Waals surface area contributed by atoms with Gasteiger partial charge in [-0.15, -0.1) is 0 Å². The van der Waals surface area contributed by atoms with E-state index < -0.39 is 5.60 Å². The summed E-state index contributed by atoms with van der Waals surface area (Å²) in [5.74, 6) is 0.687. The van der Waals surface area contributed by atoms with E-state index in [0.717, 1.165) is 32.5 Å². The molecule has 0 radical (unpaired) electrons. The van der Waals surface area contributed by atoms with Crippen molar-refractivity contribution in [1.29, 1.82) is 0 Å². The van der Waals surface area contributed by atoms with E-state index in [1.165, 1.54) is 19.3 Å². The fraction of sp³-hybridized carbons (Fsp3) is 1.00. The van der Waals surface area contributed by atoms with E-state index >= 15 is 0 Å². The lowest BCUT2D eigenvalue weighted by Crippen LogP contribution is -2.47. The van der Waals surface area contributed by atoms with Crippen LogP contribution in [0.1, 0.15) is 39.0 Å². The van der Waals surface area contributed by atoms with E-state index in [1.807, 2.05) is 0 Å². The zero-order valence-electron chi connectivity index (χ0n) is 9.76. The highest BCUT2D eigenvalue weighted by atomic mass is 16.3. The Kier molecular flexibility index (Phi) is 3.65. The average molecular weight is 212 g/mol. The maximum Gasteiger partial charge on any atom is 0.0774 e. The average Bonchev–Trinajstić information content (AvgIpc) is 2.67. The first-order chi connectivity index (χ1) is 7.18. The largest absolute Gasteiger partial charge is 0.389 e. The number of rotatable bonds is 3. The summed E-state index contributed by atoms with van der Waals surface area (Å²) in [7, 11) is 0. The SMILES string of the molecule is CC1CCCC(O)(CNC2CCNC2)C1. The lowest BCUT2D eigenvalue weighted by Gasteiger charge is -2.36. The molecule has 3 atom stereocenters. The molecule has 2 fully saturated rings. The standard InChI is InChI=1S/C12H24N2O/c1-10-3-2-5-12(15,7-10)9-14-11-4-6-13-8-11/h10-11,13-15H,2-9H2,1H3. The van der Waals surface area contributed by atoms with Crippen molar-refractivity contribution in [3.63, 3.8) is 0 Å². The molecule has 1 heterocycles. The normalized spacial score (nSPS) is 42.0. The van der Waals surface area contributed by atoms with Gasteiger partial charge in [-0.3, -0.25) is 0 Å². The summed E-state index contributed by atoms with van der Waals surface area (Å²) in [5, 5.41) is 17.3. The third-order valence-electron chi connectivity index (χ3n) is 3.85. The van der Waals surface area contributed by atoms with E-state index in [4.69, 9.17) is 0 Å². The van der Waals surface area contributed by atoms with Crippen LogP contribution in [0.2, 0.25) is 0 Å². The number of hydrogen-bond donors (Lipinski definition) is 3. The van der Waals surface area contributed by atoms with Gasteiger partial charge < -0.3 is 15.7 Å². The van der Waals surface area contributed by atoms with Crippen LogP contribution in [0.4, 0.5) is 0 Å². The molecule has 3 N–H and O–H groups in total. The highest BCUT2D eigenvalue weighted by Gasteiger charge is 2.33. The van der Waals surface area contributed by atoms with Crippen LogP contribution in [0.5, 0.6) is 0 Å². The number of aliphatic hydroxyl groups is 1. The fourth-order valence-electron chi connectivity index (χ4n) is 2.96. The van der Waals surface area contributed by atoms with Crippen LogP contribution in [0.3, 0.4) is 0 Å². The summed E-state index contributed by atoms with van der Waals surface area (Å²) in [6.45, 7) is 5.21. The zero-order chi connectivity index (χ0) is 10.7. The van der Waals surface area contributed by atoms with Gasteiger partial charge in [-0.25, -0.2) is 0 Å². The van der Waals surface area contributed by atoms with Crippen LogP contribution >= 0.6 is 0 Å². The van der Waals surface area contributed by atoms with Crippen molar-refractivity contribution < 1.29 is 5.11 Å². The first-order valence-electron chi connectivity index (χ1n) is 6.34. The number of nitrogens with one attached hydrogen (secondary N) is 2. The zero-order valence-corrected chi connectivity index (χ0v) is 9.76. The van der Waals surface area contributed by atoms with Crippen LogP contribution in [-0.2, 0) is 0 Å². The predicted molar refractivity (Wildman–Crippen MR) is 61.9 cm³/mol. The van der Waals surface area contributed by atoms with Crippen molar-refractivity contribution >= 4 is 0 Å². The van der Waals surface area contributed by atoms with Gasteiger partial charge >= 0.3 is 0 Å². The Balaban J connectivity index is 1.76. The molecular weight excluding hydrogens is 188 g/mol. The smallest absolute Gasteiger partial charge is 0.0774 e. The molecule has 0 bridgehead atoms. The van der Waals surface area contributed by atoms with Crippen molar-refractivity contribution in [3.05, 3.63) is 0 Å². The lowest BCUT2D eigenvalue weighted by atomic mass is 9.79. The molecule has 88 valence electrons. The summed E-state index contributed by atoms with van der Waals surface area (Å²) >= 11 is 0. The molecule has 0 spiro atoms. The van der Waals surface area contributed by atoms with Crippen molar-refractivity contribution in [1.82, 2.24) is 10.6 Å². The highest BCUT2D eigenvalue weighted by molar-refractivity contribution is 4.89. The summed E-state index contributed by atoms with van der Waals surface area (Å²) in [6, 6.07) is 0.575. The highest BCUT2D eigenvalue weighted by Crippen LogP contribution is 2.31. The van der Waals surface area contributed by atoms with Gasteiger partial charge in [0.1, 0.15) is 0 Å². The molecule has 3 nitrogen and oxygen atoms in total. The van der Waals surface area contributed by atoms with Gasteiger partial charge in [0.25, 0.3) is 0 Å². The van der Waals surface area contributed by atoms with Crippen LogP contribution in [0, 0.1) is 5.92 Å². The molecule has 1 saturated carbocycles. The summed E-state index contributed by atoms with van der Waals surface area (Å²) in [5.41, 5.74) is -0.430.